The van der Waals surface area contributed by atoms with E-state index in [0.29, 0.717) is 6.42 Å². The Balaban J connectivity index is 2.40. The van der Waals surface area contributed by atoms with Crippen molar-refractivity contribution in [2.24, 2.45) is 0 Å². The van der Waals surface area contributed by atoms with Crippen LogP contribution < -0.4 is 0 Å². The lowest BCUT2D eigenvalue weighted by atomic mass is 10.1. The van der Waals surface area contributed by atoms with Gasteiger partial charge in [-0.1, -0.05) is 18.2 Å². The second-order valence-electron chi connectivity index (χ2n) is 3.70. The number of rotatable bonds is 3. The summed E-state index contributed by atoms with van der Waals surface area (Å²) in [6, 6.07) is 10.3. The molecule has 0 aliphatic carbocycles. The van der Waals surface area contributed by atoms with E-state index in [1.165, 1.54) is 5.56 Å². The minimum atomic E-state index is 0.546. The summed E-state index contributed by atoms with van der Waals surface area (Å²) in [6.07, 6.45) is 2.21. The summed E-state index contributed by atoms with van der Waals surface area (Å²) in [5, 5.41) is 1.15. The highest BCUT2D eigenvalue weighted by atomic mass is 16.1. The molecule has 1 aromatic carbocycles. The average Bonchev–Trinajstić information content (AvgIpc) is 2.25. The molecule has 76 valence electrons. The lowest BCUT2D eigenvalue weighted by Crippen LogP contribution is -1.91. The van der Waals surface area contributed by atoms with E-state index in [0.717, 1.165) is 29.3 Å². The maximum Gasteiger partial charge on any atom is 0.120 e. The number of carbonyl (C=O) groups is 1. The monoisotopic (exact) mass is 199 g/mol. The molecule has 0 fully saturated rings. The molecule has 15 heavy (non-hydrogen) atoms. The quantitative estimate of drug-likeness (QED) is 0.711. The van der Waals surface area contributed by atoms with Crippen LogP contribution >= 0.6 is 0 Å². The lowest BCUT2D eigenvalue weighted by molar-refractivity contribution is -0.107. The molecule has 0 aliphatic heterocycles. The summed E-state index contributed by atoms with van der Waals surface area (Å²) in [7, 11) is 0. The van der Waals surface area contributed by atoms with Crippen LogP contribution in [0.5, 0.6) is 0 Å². The summed E-state index contributed by atoms with van der Waals surface area (Å²) in [4.78, 5) is 14.8. The van der Waals surface area contributed by atoms with Crippen LogP contribution in [-0.4, -0.2) is 11.3 Å². The summed E-state index contributed by atoms with van der Waals surface area (Å²) in [6.45, 7) is 2.05. The Hall–Kier alpha value is -1.70. The number of nitrogens with zero attached hydrogens (tertiary/aromatic N) is 1. The zero-order chi connectivity index (χ0) is 10.7. The number of pyridine rings is 1. The third-order valence-corrected chi connectivity index (χ3v) is 2.42. The van der Waals surface area contributed by atoms with Crippen LogP contribution in [0.1, 0.15) is 17.7 Å². The smallest absolute Gasteiger partial charge is 0.120 e. The van der Waals surface area contributed by atoms with E-state index < -0.39 is 0 Å². The molecule has 2 heteroatoms. The molecule has 2 nitrogen and oxygen atoms in total. The SMILES string of the molecule is Cc1ccc2ccc(CCC=O)nc2c1. The number of fused-ring (bicyclic) bond motifs is 1. The van der Waals surface area contributed by atoms with Gasteiger partial charge in [-0.2, -0.15) is 0 Å². The third kappa shape index (κ3) is 2.21. The van der Waals surface area contributed by atoms with Crippen molar-refractivity contribution in [3.05, 3.63) is 41.6 Å². The first-order valence-electron chi connectivity index (χ1n) is 5.09. The number of hydrogen-bond donors (Lipinski definition) is 0. The van der Waals surface area contributed by atoms with Crippen molar-refractivity contribution < 1.29 is 4.79 Å². The number of carbonyl (C=O) groups excluding carboxylic acids is 1. The van der Waals surface area contributed by atoms with Crippen LogP contribution in [0.25, 0.3) is 10.9 Å². The predicted molar refractivity (Wildman–Crippen MR) is 60.9 cm³/mol. The topological polar surface area (TPSA) is 30.0 Å². The van der Waals surface area contributed by atoms with E-state index in [2.05, 4.69) is 36.2 Å². The van der Waals surface area contributed by atoms with Gasteiger partial charge in [-0.25, -0.2) is 0 Å². The van der Waals surface area contributed by atoms with E-state index in [9.17, 15) is 4.79 Å². The number of aldehydes is 1. The van der Waals surface area contributed by atoms with Gasteiger partial charge < -0.3 is 4.79 Å². The maximum atomic E-state index is 10.3. The number of hydrogen-bond acceptors (Lipinski definition) is 2. The standard InChI is InChI=1S/C13H13NO/c1-10-4-5-11-6-7-12(3-2-8-15)14-13(11)9-10/h4-9H,2-3H2,1H3. The molecule has 2 aromatic rings. The van der Waals surface area contributed by atoms with Crippen molar-refractivity contribution in [3.8, 4) is 0 Å². The fourth-order valence-electron chi connectivity index (χ4n) is 1.62. The highest BCUT2D eigenvalue weighted by molar-refractivity contribution is 5.79. The first-order valence-corrected chi connectivity index (χ1v) is 5.09. The van der Waals surface area contributed by atoms with Gasteiger partial charge in [-0.15, -0.1) is 0 Å². The molecule has 0 N–H and O–H groups in total. The Morgan fingerprint density at radius 2 is 2.07 bits per heavy atom. The fraction of sp³-hybridized carbons (Fsp3) is 0.231. The normalized spacial score (nSPS) is 10.5. The van der Waals surface area contributed by atoms with Crippen molar-refractivity contribution in [2.45, 2.75) is 19.8 Å². The van der Waals surface area contributed by atoms with Crippen molar-refractivity contribution in [1.82, 2.24) is 4.98 Å². The second kappa shape index (κ2) is 4.22. The summed E-state index contributed by atoms with van der Waals surface area (Å²) >= 11 is 0. The molecule has 0 aliphatic rings. The molecule has 0 atom stereocenters. The minimum Gasteiger partial charge on any atom is -0.303 e. The number of aryl methyl sites for hydroxylation is 2. The fourth-order valence-corrected chi connectivity index (χ4v) is 1.62. The summed E-state index contributed by atoms with van der Waals surface area (Å²) in [5.41, 5.74) is 3.21. The van der Waals surface area contributed by atoms with Crippen LogP contribution in [0.15, 0.2) is 30.3 Å². The molecule has 0 unspecified atom stereocenters. The van der Waals surface area contributed by atoms with Gasteiger partial charge >= 0.3 is 0 Å². The number of aromatic nitrogens is 1. The Morgan fingerprint density at radius 3 is 2.87 bits per heavy atom. The Morgan fingerprint density at radius 1 is 1.27 bits per heavy atom. The van der Waals surface area contributed by atoms with E-state index in [-0.39, 0.29) is 0 Å². The minimum absolute atomic E-state index is 0.546. The maximum absolute atomic E-state index is 10.3. The van der Waals surface area contributed by atoms with Gasteiger partial charge in [0.25, 0.3) is 0 Å². The third-order valence-electron chi connectivity index (χ3n) is 2.42. The van der Waals surface area contributed by atoms with Crippen molar-refractivity contribution in [2.75, 3.05) is 0 Å². The average molecular weight is 199 g/mol. The van der Waals surface area contributed by atoms with Crippen molar-refractivity contribution in [3.63, 3.8) is 0 Å². The Kier molecular flexibility index (Phi) is 2.77. The summed E-state index contributed by atoms with van der Waals surface area (Å²) in [5.74, 6) is 0. The molecule has 0 spiro atoms. The molecule has 2 rings (SSSR count). The molecule has 1 heterocycles. The molecule has 0 radical (unpaired) electrons. The first-order chi connectivity index (χ1) is 7.29. The van der Waals surface area contributed by atoms with Crippen molar-refractivity contribution >= 4 is 17.2 Å². The molecule has 1 aromatic heterocycles. The molecule has 0 amide bonds. The highest BCUT2D eigenvalue weighted by Gasteiger charge is 1.98. The first kappa shape index (κ1) is 9.84. The van der Waals surface area contributed by atoms with Crippen LogP contribution in [0.3, 0.4) is 0 Å². The van der Waals surface area contributed by atoms with Gasteiger partial charge in [0, 0.05) is 17.5 Å². The predicted octanol–water partition coefficient (Wildman–Crippen LogP) is 2.67. The van der Waals surface area contributed by atoms with E-state index >= 15 is 0 Å². The van der Waals surface area contributed by atoms with E-state index in [1.54, 1.807) is 0 Å². The van der Waals surface area contributed by atoms with Crippen LogP contribution in [0.4, 0.5) is 0 Å². The van der Waals surface area contributed by atoms with Crippen LogP contribution in [-0.2, 0) is 11.2 Å². The molecule has 0 saturated heterocycles. The van der Waals surface area contributed by atoms with Crippen LogP contribution in [0, 0.1) is 6.92 Å². The van der Waals surface area contributed by atoms with E-state index in [1.807, 2.05) is 6.07 Å². The van der Waals surface area contributed by atoms with Gasteiger partial charge in [-0.05, 0) is 31.0 Å². The van der Waals surface area contributed by atoms with Gasteiger partial charge in [-0.3, -0.25) is 4.98 Å². The Labute approximate surface area is 89.0 Å². The van der Waals surface area contributed by atoms with Gasteiger partial charge in [0.15, 0.2) is 0 Å². The molecule has 0 saturated carbocycles. The second-order valence-corrected chi connectivity index (χ2v) is 3.70. The molecular formula is C13H13NO. The number of benzene rings is 1. The van der Waals surface area contributed by atoms with E-state index in [4.69, 9.17) is 0 Å². The van der Waals surface area contributed by atoms with Gasteiger partial charge in [0.2, 0.25) is 0 Å². The largest absolute Gasteiger partial charge is 0.303 e. The molecular weight excluding hydrogens is 186 g/mol. The molecule has 0 bridgehead atoms. The summed E-state index contributed by atoms with van der Waals surface area (Å²) < 4.78 is 0. The zero-order valence-electron chi connectivity index (χ0n) is 8.73. The van der Waals surface area contributed by atoms with Crippen molar-refractivity contribution in [1.29, 1.82) is 0 Å². The lowest BCUT2D eigenvalue weighted by Gasteiger charge is -2.02. The van der Waals surface area contributed by atoms with Gasteiger partial charge in [0.05, 0.1) is 5.52 Å². The zero-order valence-corrected chi connectivity index (χ0v) is 8.73. The highest BCUT2D eigenvalue weighted by Crippen LogP contribution is 2.14. The van der Waals surface area contributed by atoms with Gasteiger partial charge in [0.1, 0.15) is 6.29 Å². The Bertz CT molecular complexity index is 491. The van der Waals surface area contributed by atoms with Crippen LogP contribution in [0.2, 0.25) is 0 Å².